The van der Waals surface area contributed by atoms with Crippen LogP contribution in [0, 0.1) is 0 Å². The van der Waals surface area contributed by atoms with Crippen LogP contribution in [0.3, 0.4) is 0 Å². The first-order valence-corrected chi connectivity index (χ1v) is 10.2. The number of aromatic nitrogens is 1. The Labute approximate surface area is 190 Å². The number of amides is 1. The summed E-state index contributed by atoms with van der Waals surface area (Å²) in [6.45, 7) is 8.68. The highest BCUT2D eigenvalue weighted by Crippen LogP contribution is 2.16. The summed E-state index contributed by atoms with van der Waals surface area (Å²) in [6.07, 6.45) is 3.59. The van der Waals surface area contributed by atoms with E-state index < -0.39 is 0 Å². The highest BCUT2D eigenvalue weighted by atomic mass is 127. The van der Waals surface area contributed by atoms with Crippen LogP contribution >= 0.6 is 24.0 Å². The SMILES string of the molecule is CCC(=O)N1CCC(NC(=NC)NCc2ccnc(N3CCOC(C)C3)c2)C1.I. The molecule has 0 aliphatic carbocycles. The Balaban J connectivity index is 0.00000300. The average Bonchev–Trinajstić information content (AvgIpc) is 3.19. The van der Waals surface area contributed by atoms with Crippen molar-refractivity contribution in [1.82, 2.24) is 20.5 Å². The molecule has 9 heteroatoms. The lowest BCUT2D eigenvalue weighted by Crippen LogP contribution is -2.44. The van der Waals surface area contributed by atoms with Gasteiger partial charge in [0, 0.05) is 58.4 Å². The van der Waals surface area contributed by atoms with Gasteiger partial charge in [-0.1, -0.05) is 6.92 Å². The van der Waals surface area contributed by atoms with Crippen molar-refractivity contribution in [3.63, 3.8) is 0 Å². The summed E-state index contributed by atoms with van der Waals surface area (Å²) in [5.41, 5.74) is 1.15. The van der Waals surface area contributed by atoms with E-state index in [4.69, 9.17) is 4.74 Å². The second kappa shape index (κ2) is 11.5. The molecule has 2 atom stereocenters. The van der Waals surface area contributed by atoms with Crippen molar-refractivity contribution in [3.05, 3.63) is 23.9 Å². The maximum Gasteiger partial charge on any atom is 0.222 e. The molecular weight excluding hydrogens is 483 g/mol. The molecule has 2 saturated heterocycles. The molecule has 0 saturated carbocycles. The Bertz CT molecular complexity index is 701. The zero-order valence-electron chi connectivity index (χ0n) is 17.6. The van der Waals surface area contributed by atoms with Gasteiger partial charge in [-0.15, -0.1) is 24.0 Å². The van der Waals surface area contributed by atoms with Gasteiger partial charge in [-0.25, -0.2) is 4.98 Å². The third-order valence-corrected chi connectivity index (χ3v) is 5.24. The molecule has 2 N–H and O–H groups in total. The van der Waals surface area contributed by atoms with Crippen molar-refractivity contribution < 1.29 is 9.53 Å². The number of rotatable bonds is 5. The van der Waals surface area contributed by atoms with Crippen molar-refractivity contribution in [1.29, 1.82) is 0 Å². The third-order valence-electron chi connectivity index (χ3n) is 5.24. The number of pyridine rings is 1. The Morgan fingerprint density at radius 2 is 2.21 bits per heavy atom. The maximum absolute atomic E-state index is 11.8. The quantitative estimate of drug-likeness (QED) is 0.352. The van der Waals surface area contributed by atoms with Gasteiger partial charge in [-0.05, 0) is 31.0 Å². The third kappa shape index (κ3) is 6.70. The van der Waals surface area contributed by atoms with Crippen molar-refractivity contribution in [2.24, 2.45) is 4.99 Å². The number of likely N-dealkylation sites (tertiary alicyclic amines) is 1. The van der Waals surface area contributed by atoms with Gasteiger partial charge < -0.3 is 25.2 Å². The molecule has 0 spiro atoms. The lowest BCUT2D eigenvalue weighted by atomic mass is 10.2. The zero-order chi connectivity index (χ0) is 19.9. The average molecular weight is 516 g/mol. The van der Waals surface area contributed by atoms with Gasteiger partial charge in [-0.2, -0.15) is 0 Å². The van der Waals surface area contributed by atoms with Crippen LogP contribution in [0.5, 0.6) is 0 Å². The van der Waals surface area contributed by atoms with E-state index in [-0.39, 0.29) is 42.0 Å². The second-order valence-electron chi connectivity index (χ2n) is 7.40. The normalized spacial score (nSPS) is 22.2. The molecule has 2 aliphatic rings. The lowest BCUT2D eigenvalue weighted by molar-refractivity contribution is -0.129. The van der Waals surface area contributed by atoms with E-state index in [2.05, 4.69) is 38.5 Å². The van der Waals surface area contributed by atoms with Crippen LogP contribution in [0.15, 0.2) is 23.3 Å². The molecule has 0 bridgehead atoms. The van der Waals surface area contributed by atoms with E-state index in [1.807, 2.05) is 24.1 Å². The lowest BCUT2D eigenvalue weighted by Gasteiger charge is -2.32. The van der Waals surface area contributed by atoms with Gasteiger partial charge >= 0.3 is 0 Å². The summed E-state index contributed by atoms with van der Waals surface area (Å²) < 4.78 is 5.62. The molecule has 162 valence electrons. The first-order valence-electron chi connectivity index (χ1n) is 10.2. The number of hydrogen-bond acceptors (Lipinski definition) is 5. The Morgan fingerprint density at radius 3 is 2.93 bits per heavy atom. The minimum atomic E-state index is 0. The number of guanidine groups is 1. The van der Waals surface area contributed by atoms with Gasteiger partial charge in [-0.3, -0.25) is 9.79 Å². The minimum absolute atomic E-state index is 0. The fraction of sp³-hybridized carbons (Fsp3) is 0.650. The first kappa shape index (κ1) is 23.7. The number of carbonyl (C=O) groups excluding carboxylic acids is 1. The number of anilines is 1. The summed E-state index contributed by atoms with van der Waals surface area (Å²) in [5, 5.41) is 6.81. The number of carbonyl (C=O) groups is 1. The van der Waals surface area contributed by atoms with E-state index >= 15 is 0 Å². The van der Waals surface area contributed by atoms with E-state index in [1.54, 1.807) is 7.05 Å². The molecule has 3 rings (SSSR count). The smallest absolute Gasteiger partial charge is 0.222 e. The predicted molar refractivity (Wildman–Crippen MR) is 126 cm³/mol. The van der Waals surface area contributed by atoms with Gasteiger partial charge in [0.1, 0.15) is 5.82 Å². The number of hydrogen-bond donors (Lipinski definition) is 2. The highest BCUT2D eigenvalue weighted by molar-refractivity contribution is 14.0. The maximum atomic E-state index is 11.8. The number of halogens is 1. The second-order valence-corrected chi connectivity index (χ2v) is 7.40. The molecule has 1 aromatic rings. The van der Waals surface area contributed by atoms with Crippen LogP contribution < -0.4 is 15.5 Å². The zero-order valence-corrected chi connectivity index (χ0v) is 19.9. The number of aliphatic imine (C=N–C) groups is 1. The Kier molecular flexibility index (Phi) is 9.41. The molecule has 0 radical (unpaired) electrons. The summed E-state index contributed by atoms with van der Waals surface area (Å²) in [7, 11) is 1.77. The monoisotopic (exact) mass is 516 g/mol. The van der Waals surface area contributed by atoms with Crippen LogP contribution in [0.4, 0.5) is 5.82 Å². The van der Waals surface area contributed by atoms with Crippen LogP contribution in [0.2, 0.25) is 0 Å². The van der Waals surface area contributed by atoms with Crippen molar-refractivity contribution in [3.8, 4) is 0 Å². The molecule has 8 nitrogen and oxygen atoms in total. The molecule has 2 unspecified atom stereocenters. The van der Waals surface area contributed by atoms with Crippen LogP contribution in [0.1, 0.15) is 32.3 Å². The molecule has 3 heterocycles. The Morgan fingerprint density at radius 1 is 1.38 bits per heavy atom. The fourth-order valence-electron chi connectivity index (χ4n) is 3.67. The number of morpholine rings is 1. The Hall–Kier alpha value is -1.62. The van der Waals surface area contributed by atoms with Crippen LogP contribution in [0.25, 0.3) is 0 Å². The van der Waals surface area contributed by atoms with E-state index in [1.165, 1.54) is 0 Å². The molecule has 2 fully saturated rings. The number of nitrogens with zero attached hydrogens (tertiary/aromatic N) is 4. The number of ether oxygens (including phenoxy) is 1. The molecule has 1 amide bonds. The minimum Gasteiger partial charge on any atom is -0.375 e. The van der Waals surface area contributed by atoms with E-state index in [0.717, 1.165) is 56.5 Å². The topological polar surface area (TPSA) is 82.1 Å². The summed E-state index contributed by atoms with van der Waals surface area (Å²) >= 11 is 0. The van der Waals surface area contributed by atoms with Gasteiger partial charge in [0.15, 0.2) is 5.96 Å². The molecule has 2 aliphatic heterocycles. The number of nitrogens with one attached hydrogen (secondary N) is 2. The highest BCUT2D eigenvalue weighted by Gasteiger charge is 2.25. The summed E-state index contributed by atoms with van der Waals surface area (Å²) in [4.78, 5) is 24.9. The van der Waals surface area contributed by atoms with Crippen molar-refractivity contribution >= 4 is 41.7 Å². The largest absolute Gasteiger partial charge is 0.375 e. The summed E-state index contributed by atoms with van der Waals surface area (Å²) in [6, 6.07) is 4.38. The van der Waals surface area contributed by atoms with Gasteiger partial charge in [0.05, 0.1) is 12.7 Å². The fourth-order valence-corrected chi connectivity index (χ4v) is 3.67. The molecule has 1 aromatic heterocycles. The predicted octanol–water partition coefficient (Wildman–Crippen LogP) is 1.60. The summed E-state index contributed by atoms with van der Waals surface area (Å²) in [5.74, 6) is 1.96. The van der Waals surface area contributed by atoms with Crippen LogP contribution in [-0.2, 0) is 16.1 Å². The van der Waals surface area contributed by atoms with E-state index in [9.17, 15) is 4.79 Å². The van der Waals surface area contributed by atoms with Gasteiger partial charge in [0.25, 0.3) is 0 Å². The first-order chi connectivity index (χ1) is 13.6. The molecule has 0 aromatic carbocycles. The van der Waals surface area contributed by atoms with Crippen molar-refractivity contribution in [2.75, 3.05) is 44.7 Å². The van der Waals surface area contributed by atoms with Gasteiger partial charge in [0.2, 0.25) is 5.91 Å². The van der Waals surface area contributed by atoms with E-state index in [0.29, 0.717) is 13.0 Å². The van der Waals surface area contributed by atoms with Crippen molar-refractivity contribution in [2.45, 2.75) is 45.4 Å². The standard InChI is InChI=1S/C20H32N6O2.HI/c1-4-19(27)26-8-6-17(14-26)24-20(21-3)23-12-16-5-7-22-18(11-16)25-9-10-28-15(2)13-25;/h5,7,11,15,17H,4,6,8-10,12-14H2,1-3H3,(H2,21,23,24);1H. The van der Waals surface area contributed by atoms with Crippen LogP contribution in [-0.4, -0.2) is 73.7 Å². The molecule has 29 heavy (non-hydrogen) atoms. The molecular formula is C20H33IN6O2.